The van der Waals surface area contributed by atoms with Crippen LogP contribution in [0.25, 0.3) is 10.1 Å². The summed E-state index contributed by atoms with van der Waals surface area (Å²) in [7, 11) is 0. The van der Waals surface area contributed by atoms with Crippen LogP contribution in [0.4, 0.5) is 37.2 Å². The summed E-state index contributed by atoms with van der Waals surface area (Å²) in [5.41, 5.74) is -5.80. The molecule has 0 aliphatic carbocycles. The van der Waals surface area contributed by atoms with Crippen molar-refractivity contribution in [3.8, 4) is 0 Å². The second-order valence-corrected chi connectivity index (χ2v) is 7.50. The molecule has 1 amide bonds. The minimum atomic E-state index is -4.98. The van der Waals surface area contributed by atoms with E-state index >= 15 is 0 Å². The molecule has 14 heteroatoms. The zero-order chi connectivity index (χ0) is 24.7. The second kappa shape index (κ2) is 8.42. The van der Waals surface area contributed by atoms with E-state index in [1.165, 1.54) is 13.0 Å². The van der Waals surface area contributed by atoms with Gasteiger partial charge in [0.2, 0.25) is 0 Å². The predicted octanol–water partition coefficient (Wildman–Crippen LogP) is 5.27. The van der Waals surface area contributed by atoms with Gasteiger partial charge in [-0.3, -0.25) is 24.6 Å². The fourth-order valence-electron chi connectivity index (χ4n) is 2.98. The van der Waals surface area contributed by atoms with Crippen molar-refractivity contribution in [3.05, 3.63) is 73.6 Å². The van der Waals surface area contributed by atoms with Gasteiger partial charge in [-0.1, -0.05) is 23.5 Å². The van der Waals surface area contributed by atoms with Gasteiger partial charge in [0.15, 0.2) is 5.13 Å². The summed E-state index contributed by atoms with van der Waals surface area (Å²) < 4.78 is 78.8. The second-order valence-electron chi connectivity index (χ2n) is 6.52. The Morgan fingerprint density at radius 2 is 1.76 bits per heavy atom. The van der Waals surface area contributed by atoms with Gasteiger partial charge in [-0.05, 0) is 25.1 Å². The molecule has 1 aromatic heterocycles. The number of benzene rings is 2. The fourth-order valence-corrected chi connectivity index (χ4v) is 4.11. The molecule has 0 N–H and O–H groups in total. The molecule has 0 atom stereocenters. The van der Waals surface area contributed by atoms with Gasteiger partial charge in [0.25, 0.3) is 17.2 Å². The number of nitrogens with zero attached hydrogens (tertiary/aromatic N) is 3. The van der Waals surface area contributed by atoms with E-state index in [0.29, 0.717) is 28.4 Å². The van der Waals surface area contributed by atoms with Crippen molar-refractivity contribution in [2.75, 3.05) is 11.4 Å². The highest BCUT2D eigenvalue weighted by atomic mass is 32.1. The van der Waals surface area contributed by atoms with E-state index in [0.717, 1.165) is 12.1 Å². The third-order valence-corrected chi connectivity index (χ3v) is 5.60. The number of rotatable bonds is 4. The van der Waals surface area contributed by atoms with Crippen molar-refractivity contribution in [2.24, 2.45) is 0 Å². The fraction of sp³-hybridized carbons (Fsp3) is 0.211. The quantitative estimate of drug-likeness (QED) is 0.282. The van der Waals surface area contributed by atoms with Crippen LogP contribution < -0.4 is 10.5 Å². The zero-order valence-corrected chi connectivity index (χ0v) is 17.1. The summed E-state index contributed by atoms with van der Waals surface area (Å²) in [6, 6.07) is 4.49. The average molecular weight is 491 g/mol. The molecule has 0 spiro atoms. The van der Waals surface area contributed by atoms with Gasteiger partial charge in [-0.2, -0.15) is 31.3 Å². The van der Waals surface area contributed by atoms with Gasteiger partial charge < -0.3 is 0 Å². The number of aromatic nitrogens is 1. The lowest BCUT2D eigenvalue weighted by Gasteiger charge is -2.21. The number of nitro groups is 1. The van der Waals surface area contributed by atoms with E-state index in [1.54, 1.807) is 0 Å². The molecular weight excluding hydrogens is 480 g/mol. The monoisotopic (exact) mass is 491 g/mol. The minimum Gasteiger partial charge on any atom is -0.284 e. The summed E-state index contributed by atoms with van der Waals surface area (Å²) >= 11 is 0.348. The molecule has 3 rings (SSSR count). The Morgan fingerprint density at radius 1 is 1.12 bits per heavy atom. The maximum Gasteiger partial charge on any atom is 0.417 e. The predicted molar refractivity (Wildman–Crippen MR) is 106 cm³/mol. The van der Waals surface area contributed by atoms with Crippen LogP contribution in [0, 0.1) is 10.1 Å². The molecule has 0 fully saturated rings. The first-order chi connectivity index (χ1) is 15.3. The van der Waals surface area contributed by atoms with Crippen molar-refractivity contribution < 1.29 is 36.1 Å². The van der Waals surface area contributed by atoms with Gasteiger partial charge in [0.1, 0.15) is 4.70 Å². The molecule has 0 unspecified atom stereocenters. The lowest BCUT2D eigenvalue weighted by molar-refractivity contribution is -0.383. The van der Waals surface area contributed by atoms with Crippen LogP contribution in [-0.2, 0) is 12.4 Å². The summed E-state index contributed by atoms with van der Waals surface area (Å²) in [5.74, 6) is -1.19. The molecule has 0 aliphatic heterocycles. The lowest BCUT2D eigenvalue weighted by Crippen LogP contribution is -2.33. The largest absolute Gasteiger partial charge is 0.417 e. The molecule has 7 nitrogen and oxygen atoms in total. The first kappa shape index (κ1) is 24.1. The molecule has 1 heterocycles. The highest BCUT2D eigenvalue weighted by Crippen LogP contribution is 2.39. The number of halogens is 6. The van der Waals surface area contributed by atoms with E-state index < -0.39 is 66.3 Å². The maximum atomic E-state index is 13.3. The Hall–Kier alpha value is -3.55. The summed E-state index contributed by atoms with van der Waals surface area (Å²) in [6.07, 6.45) is -9.86. The van der Waals surface area contributed by atoms with E-state index in [9.17, 15) is 46.0 Å². The SMILES string of the molecule is CCN(C(=O)c1ccccc1C(F)(F)F)c1nc(=O)c2cc(C(F)(F)F)cc([N+](=O)[O-])c2s1. The van der Waals surface area contributed by atoms with Crippen LogP contribution in [0.3, 0.4) is 0 Å². The van der Waals surface area contributed by atoms with Gasteiger partial charge in [-0.15, -0.1) is 0 Å². The molecule has 0 radical (unpaired) electrons. The van der Waals surface area contributed by atoms with Crippen LogP contribution in [0.1, 0.15) is 28.4 Å². The Balaban J connectivity index is 2.23. The summed E-state index contributed by atoms with van der Waals surface area (Å²) in [6.45, 7) is 1.08. The van der Waals surface area contributed by atoms with Crippen LogP contribution in [0.15, 0.2) is 41.2 Å². The number of carbonyl (C=O) groups is 1. The minimum absolute atomic E-state index is 0.235. The van der Waals surface area contributed by atoms with Gasteiger partial charge >= 0.3 is 12.4 Å². The third-order valence-electron chi connectivity index (χ3n) is 4.47. The van der Waals surface area contributed by atoms with E-state index in [2.05, 4.69) is 4.98 Å². The summed E-state index contributed by atoms with van der Waals surface area (Å²) in [4.78, 5) is 39.8. The number of non-ortho nitro benzene ring substituents is 1. The van der Waals surface area contributed by atoms with Crippen molar-refractivity contribution in [2.45, 2.75) is 19.3 Å². The van der Waals surface area contributed by atoms with E-state index in [-0.39, 0.29) is 12.6 Å². The number of hydrogen-bond donors (Lipinski definition) is 0. The molecule has 2 aromatic carbocycles. The normalized spacial score (nSPS) is 12.1. The molecule has 33 heavy (non-hydrogen) atoms. The number of fused-ring (bicyclic) bond motifs is 1. The number of carbonyl (C=O) groups excluding carboxylic acids is 1. The van der Waals surface area contributed by atoms with Crippen molar-refractivity contribution in [1.29, 1.82) is 0 Å². The van der Waals surface area contributed by atoms with Crippen LogP contribution in [0.5, 0.6) is 0 Å². The smallest absolute Gasteiger partial charge is 0.284 e. The highest BCUT2D eigenvalue weighted by molar-refractivity contribution is 7.22. The maximum absolute atomic E-state index is 13.3. The number of amides is 1. The standard InChI is InChI=1S/C19H11F6N3O4S/c1-2-27(16(30)10-5-3-4-6-12(10)19(23,24)25)17-26-15(29)11-7-9(18(20,21)22)8-13(28(31)32)14(11)33-17/h3-8H,2H2,1H3. The molecule has 0 saturated carbocycles. The average Bonchev–Trinajstić information content (AvgIpc) is 2.72. The van der Waals surface area contributed by atoms with E-state index in [1.807, 2.05) is 0 Å². The molecule has 0 bridgehead atoms. The number of hydrogen-bond acceptors (Lipinski definition) is 6. The topological polar surface area (TPSA) is 93.4 Å². The number of anilines is 1. The number of nitro benzene ring substituents is 1. The molecule has 0 aliphatic rings. The van der Waals surface area contributed by atoms with Gasteiger partial charge in [0.05, 0.1) is 27.0 Å². The number of alkyl halides is 6. The molecule has 0 saturated heterocycles. The molecule has 174 valence electrons. The zero-order valence-electron chi connectivity index (χ0n) is 16.3. The first-order valence-corrected chi connectivity index (χ1v) is 9.76. The van der Waals surface area contributed by atoms with Crippen molar-refractivity contribution in [1.82, 2.24) is 4.98 Å². The third kappa shape index (κ3) is 4.65. The van der Waals surface area contributed by atoms with Crippen LogP contribution >= 0.6 is 11.3 Å². The molecular formula is C19H11F6N3O4S. The lowest BCUT2D eigenvalue weighted by atomic mass is 10.1. The van der Waals surface area contributed by atoms with Crippen molar-refractivity contribution >= 4 is 38.1 Å². The Morgan fingerprint density at radius 3 is 2.30 bits per heavy atom. The van der Waals surface area contributed by atoms with Crippen LogP contribution in [-0.4, -0.2) is 22.4 Å². The first-order valence-electron chi connectivity index (χ1n) is 8.94. The van der Waals surface area contributed by atoms with Crippen LogP contribution in [0.2, 0.25) is 0 Å². The Labute approximate surface area is 184 Å². The Bertz CT molecular complexity index is 1320. The highest BCUT2D eigenvalue weighted by Gasteiger charge is 2.37. The van der Waals surface area contributed by atoms with E-state index in [4.69, 9.17) is 0 Å². The van der Waals surface area contributed by atoms with Gasteiger partial charge in [0, 0.05) is 12.6 Å². The molecule has 3 aromatic rings. The Kier molecular flexibility index (Phi) is 6.15. The summed E-state index contributed by atoms with van der Waals surface area (Å²) in [5, 5.41) is 10.2. The van der Waals surface area contributed by atoms with Gasteiger partial charge in [-0.25, -0.2) is 0 Å². The van der Waals surface area contributed by atoms with Crippen molar-refractivity contribution in [3.63, 3.8) is 0 Å².